The number of nitrogens with zero attached hydrogens (tertiary/aromatic N) is 1. The van der Waals surface area contributed by atoms with Gasteiger partial charge in [-0.1, -0.05) is 6.92 Å². The van der Waals surface area contributed by atoms with Gasteiger partial charge in [0, 0.05) is 18.7 Å². The SMILES string of the molecule is COc1ccc(C(=O)NC2(C(=O)O)CCC(C)CC2)cc1N1CCNC1=O. The van der Waals surface area contributed by atoms with Gasteiger partial charge < -0.3 is 20.5 Å². The zero-order valence-electron chi connectivity index (χ0n) is 15.6. The maximum Gasteiger partial charge on any atom is 0.329 e. The van der Waals surface area contributed by atoms with Gasteiger partial charge in [0.1, 0.15) is 11.3 Å². The standard InChI is InChI=1S/C19H25N3O5/c1-12-5-7-19(8-6-12,17(24)25)21-16(23)13-3-4-15(27-2)14(11-13)22-10-9-20-18(22)26/h3-4,11-12H,5-10H2,1-2H3,(H,20,26)(H,21,23)(H,24,25). The number of benzene rings is 1. The lowest BCUT2D eigenvalue weighted by Crippen LogP contribution is -2.56. The summed E-state index contributed by atoms with van der Waals surface area (Å²) in [4.78, 5) is 38.2. The van der Waals surface area contributed by atoms with E-state index in [0.29, 0.717) is 48.8 Å². The molecule has 3 N–H and O–H groups in total. The van der Waals surface area contributed by atoms with Crippen LogP contribution in [0.4, 0.5) is 10.5 Å². The number of methoxy groups -OCH3 is 1. The van der Waals surface area contributed by atoms with Gasteiger partial charge in [0.25, 0.3) is 5.91 Å². The van der Waals surface area contributed by atoms with Crippen molar-refractivity contribution in [2.24, 2.45) is 5.92 Å². The fourth-order valence-electron chi connectivity index (χ4n) is 3.68. The molecule has 0 bridgehead atoms. The fourth-order valence-corrected chi connectivity index (χ4v) is 3.68. The molecule has 146 valence electrons. The van der Waals surface area contributed by atoms with E-state index in [4.69, 9.17) is 4.74 Å². The highest BCUT2D eigenvalue weighted by Gasteiger charge is 2.42. The lowest BCUT2D eigenvalue weighted by molar-refractivity contribution is -0.146. The molecule has 1 aliphatic carbocycles. The number of anilines is 1. The van der Waals surface area contributed by atoms with Crippen molar-refractivity contribution in [3.05, 3.63) is 23.8 Å². The molecule has 3 amide bonds. The van der Waals surface area contributed by atoms with Gasteiger partial charge in [0.05, 0.1) is 12.8 Å². The third kappa shape index (κ3) is 3.70. The van der Waals surface area contributed by atoms with Crippen molar-refractivity contribution in [1.29, 1.82) is 0 Å². The third-order valence-electron chi connectivity index (χ3n) is 5.48. The Bertz CT molecular complexity index is 756. The summed E-state index contributed by atoms with van der Waals surface area (Å²) in [6, 6.07) is 4.51. The number of nitrogens with one attached hydrogen (secondary N) is 2. The lowest BCUT2D eigenvalue weighted by Gasteiger charge is -2.36. The molecule has 0 aromatic heterocycles. The molecule has 27 heavy (non-hydrogen) atoms. The Labute approximate surface area is 157 Å². The molecule has 2 fully saturated rings. The first-order chi connectivity index (χ1) is 12.9. The predicted molar refractivity (Wildman–Crippen MR) is 99.2 cm³/mol. The fraction of sp³-hybridized carbons (Fsp3) is 0.526. The lowest BCUT2D eigenvalue weighted by atomic mass is 9.77. The molecule has 2 aliphatic rings. The molecule has 0 radical (unpaired) electrons. The quantitative estimate of drug-likeness (QED) is 0.729. The monoisotopic (exact) mass is 375 g/mol. The van der Waals surface area contributed by atoms with Crippen molar-refractivity contribution in [3.63, 3.8) is 0 Å². The maximum absolute atomic E-state index is 12.8. The molecule has 0 atom stereocenters. The zero-order valence-corrected chi connectivity index (χ0v) is 15.6. The molecular weight excluding hydrogens is 350 g/mol. The molecule has 0 spiro atoms. The molecule has 1 aromatic rings. The predicted octanol–water partition coefficient (Wildman–Crippen LogP) is 1.99. The Morgan fingerprint density at radius 2 is 2.04 bits per heavy atom. The van der Waals surface area contributed by atoms with E-state index in [2.05, 4.69) is 17.6 Å². The largest absolute Gasteiger partial charge is 0.495 e. The molecule has 8 heteroatoms. The van der Waals surface area contributed by atoms with Crippen LogP contribution in [0, 0.1) is 5.92 Å². The van der Waals surface area contributed by atoms with Crippen LogP contribution in [0.15, 0.2) is 18.2 Å². The molecule has 3 rings (SSSR count). The smallest absolute Gasteiger partial charge is 0.329 e. The Kier molecular flexibility index (Phi) is 5.25. The first-order valence-corrected chi connectivity index (χ1v) is 9.15. The Hall–Kier alpha value is -2.77. The molecule has 1 saturated carbocycles. The van der Waals surface area contributed by atoms with Gasteiger partial charge >= 0.3 is 12.0 Å². The van der Waals surface area contributed by atoms with Crippen molar-refractivity contribution in [2.75, 3.05) is 25.1 Å². The molecule has 1 saturated heterocycles. The van der Waals surface area contributed by atoms with Crippen molar-refractivity contribution in [3.8, 4) is 5.75 Å². The van der Waals surface area contributed by atoms with Crippen LogP contribution in [0.3, 0.4) is 0 Å². The van der Waals surface area contributed by atoms with Crippen LogP contribution in [0.5, 0.6) is 5.75 Å². The summed E-state index contributed by atoms with van der Waals surface area (Å²) in [5.74, 6) is -0.537. The number of carboxylic acid groups (broad SMARTS) is 1. The normalized spacial score (nSPS) is 25.0. The van der Waals surface area contributed by atoms with E-state index in [0.717, 1.165) is 12.8 Å². The van der Waals surface area contributed by atoms with Crippen LogP contribution in [0.1, 0.15) is 43.0 Å². The summed E-state index contributed by atoms with van der Waals surface area (Å²) in [6.07, 6.45) is 2.34. The number of carbonyl (C=O) groups excluding carboxylic acids is 2. The van der Waals surface area contributed by atoms with Gasteiger partial charge in [-0.25, -0.2) is 9.59 Å². The van der Waals surface area contributed by atoms with Crippen LogP contribution >= 0.6 is 0 Å². The number of amides is 3. The summed E-state index contributed by atoms with van der Waals surface area (Å²) < 4.78 is 5.31. The number of hydrogen-bond donors (Lipinski definition) is 3. The van der Waals surface area contributed by atoms with Gasteiger partial charge in [0.2, 0.25) is 0 Å². The van der Waals surface area contributed by atoms with Gasteiger partial charge in [0.15, 0.2) is 0 Å². The van der Waals surface area contributed by atoms with E-state index < -0.39 is 17.4 Å². The van der Waals surface area contributed by atoms with Crippen LogP contribution in [0.2, 0.25) is 0 Å². The minimum Gasteiger partial charge on any atom is -0.495 e. The summed E-state index contributed by atoms with van der Waals surface area (Å²) >= 11 is 0. The van der Waals surface area contributed by atoms with Crippen molar-refractivity contribution >= 4 is 23.6 Å². The first kappa shape index (κ1) is 19.0. The highest BCUT2D eigenvalue weighted by atomic mass is 16.5. The topological polar surface area (TPSA) is 108 Å². The highest BCUT2D eigenvalue weighted by molar-refractivity contribution is 6.01. The van der Waals surface area contributed by atoms with Crippen molar-refractivity contribution < 1.29 is 24.2 Å². The van der Waals surface area contributed by atoms with E-state index in [1.807, 2.05) is 0 Å². The Morgan fingerprint density at radius 1 is 1.33 bits per heavy atom. The Balaban J connectivity index is 1.86. The van der Waals surface area contributed by atoms with Crippen LogP contribution in [-0.4, -0.2) is 48.8 Å². The minimum absolute atomic E-state index is 0.255. The van der Waals surface area contributed by atoms with Crippen molar-refractivity contribution in [1.82, 2.24) is 10.6 Å². The number of rotatable bonds is 5. The molecule has 1 aromatic carbocycles. The average molecular weight is 375 g/mol. The highest BCUT2D eigenvalue weighted by Crippen LogP contribution is 2.34. The number of aliphatic carboxylic acids is 1. The number of ether oxygens (including phenoxy) is 1. The van der Waals surface area contributed by atoms with E-state index in [1.165, 1.54) is 12.0 Å². The van der Waals surface area contributed by atoms with Gasteiger partial charge in [-0.3, -0.25) is 9.69 Å². The zero-order chi connectivity index (χ0) is 19.6. The molecule has 8 nitrogen and oxygen atoms in total. The molecule has 1 aliphatic heterocycles. The maximum atomic E-state index is 12.8. The van der Waals surface area contributed by atoms with Gasteiger partial charge in [-0.05, 0) is 49.8 Å². The second kappa shape index (κ2) is 7.46. The van der Waals surface area contributed by atoms with Crippen LogP contribution < -0.4 is 20.3 Å². The second-order valence-electron chi connectivity index (χ2n) is 7.29. The van der Waals surface area contributed by atoms with Crippen LogP contribution in [-0.2, 0) is 4.79 Å². The summed E-state index contributed by atoms with van der Waals surface area (Å²) in [5, 5.41) is 15.2. The number of carboxylic acids is 1. The molecule has 0 unspecified atom stereocenters. The van der Waals surface area contributed by atoms with Crippen LogP contribution in [0.25, 0.3) is 0 Å². The van der Waals surface area contributed by atoms with E-state index in [1.54, 1.807) is 18.2 Å². The summed E-state index contributed by atoms with van der Waals surface area (Å²) in [5.41, 5.74) is -0.458. The Morgan fingerprint density at radius 3 is 2.59 bits per heavy atom. The van der Waals surface area contributed by atoms with E-state index in [-0.39, 0.29) is 6.03 Å². The number of urea groups is 1. The minimum atomic E-state index is -1.24. The third-order valence-corrected chi connectivity index (χ3v) is 5.48. The van der Waals surface area contributed by atoms with Gasteiger partial charge in [-0.2, -0.15) is 0 Å². The molecular formula is C19H25N3O5. The van der Waals surface area contributed by atoms with Crippen molar-refractivity contribution in [2.45, 2.75) is 38.1 Å². The molecule has 1 heterocycles. The second-order valence-corrected chi connectivity index (χ2v) is 7.29. The van der Waals surface area contributed by atoms with E-state index >= 15 is 0 Å². The summed E-state index contributed by atoms with van der Waals surface area (Å²) in [6.45, 7) is 3.07. The average Bonchev–Trinajstić information content (AvgIpc) is 3.08. The number of carbonyl (C=O) groups is 3. The number of hydrogen-bond acceptors (Lipinski definition) is 4. The van der Waals surface area contributed by atoms with E-state index in [9.17, 15) is 19.5 Å². The summed E-state index contributed by atoms with van der Waals surface area (Å²) in [7, 11) is 1.50. The first-order valence-electron chi connectivity index (χ1n) is 9.15. The van der Waals surface area contributed by atoms with Gasteiger partial charge in [-0.15, -0.1) is 0 Å².